The molecule has 0 saturated heterocycles. The molecule has 0 aliphatic rings. The zero-order chi connectivity index (χ0) is 11.5. The van der Waals surface area contributed by atoms with Crippen molar-refractivity contribution in [3.8, 4) is 0 Å². The first-order chi connectivity index (χ1) is 7.13. The number of hydrogen-bond donors (Lipinski definition) is 0. The maximum atomic E-state index is 2.35. The van der Waals surface area contributed by atoms with Crippen LogP contribution in [0.2, 0.25) is 0 Å². The van der Waals surface area contributed by atoms with Crippen LogP contribution in [0.5, 0.6) is 0 Å². The molecule has 0 nitrogen and oxygen atoms in total. The van der Waals surface area contributed by atoms with E-state index in [1.54, 1.807) is 0 Å². The normalized spacial score (nSPS) is 12.1. The quantitative estimate of drug-likeness (QED) is 0.344. The summed E-state index contributed by atoms with van der Waals surface area (Å²) in [4.78, 5) is 0. The van der Waals surface area contributed by atoms with Gasteiger partial charge in [-0.3, -0.25) is 0 Å². The average molecular weight is 210 g/mol. The molecule has 0 aromatic carbocycles. The molecule has 0 N–H and O–H groups in total. The number of allylic oxidation sites excluding steroid dienone is 2. The van der Waals surface area contributed by atoms with E-state index < -0.39 is 0 Å². The Morgan fingerprint density at radius 2 is 1.40 bits per heavy atom. The standard InChI is InChI=1S/C15H30/c1-14(2)12-10-8-6-5-7-9-11-13-15(3)4/h10,12,14-15H,5-9,11,13H2,1-4H3. The lowest BCUT2D eigenvalue weighted by molar-refractivity contribution is 0.516. The lowest BCUT2D eigenvalue weighted by Gasteiger charge is -2.03. The number of rotatable bonds is 9. The molecule has 0 spiro atoms. The van der Waals surface area contributed by atoms with E-state index in [1.807, 2.05) is 0 Å². The van der Waals surface area contributed by atoms with Crippen LogP contribution in [0.25, 0.3) is 0 Å². The van der Waals surface area contributed by atoms with Crippen LogP contribution in [0.15, 0.2) is 12.2 Å². The summed E-state index contributed by atoms with van der Waals surface area (Å²) >= 11 is 0. The van der Waals surface area contributed by atoms with Crippen LogP contribution in [0.1, 0.15) is 72.6 Å². The van der Waals surface area contributed by atoms with Gasteiger partial charge in [-0.1, -0.05) is 72.0 Å². The fourth-order valence-electron chi connectivity index (χ4n) is 1.71. The van der Waals surface area contributed by atoms with E-state index in [9.17, 15) is 0 Å². The van der Waals surface area contributed by atoms with E-state index >= 15 is 0 Å². The predicted octanol–water partition coefficient (Wildman–Crippen LogP) is 5.59. The first-order valence-electron chi connectivity index (χ1n) is 6.79. The van der Waals surface area contributed by atoms with Gasteiger partial charge in [0.15, 0.2) is 0 Å². The first-order valence-corrected chi connectivity index (χ1v) is 6.79. The zero-order valence-electron chi connectivity index (χ0n) is 11.3. The van der Waals surface area contributed by atoms with Gasteiger partial charge in [-0.15, -0.1) is 0 Å². The molecule has 0 amide bonds. The summed E-state index contributed by atoms with van der Waals surface area (Å²) < 4.78 is 0. The fraction of sp³-hybridized carbons (Fsp3) is 0.867. The van der Waals surface area contributed by atoms with E-state index in [-0.39, 0.29) is 0 Å². The third-order valence-corrected chi connectivity index (χ3v) is 2.67. The Morgan fingerprint density at radius 3 is 2.00 bits per heavy atom. The van der Waals surface area contributed by atoms with Gasteiger partial charge in [-0.2, -0.15) is 0 Å². The van der Waals surface area contributed by atoms with Crippen LogP contribution in [0, 0.1) is 11.8 Å². The summed E-state index contributed by atoms with van der Waals surface area (Å²) in [6.07, 6.45) is 14.5. The summed E-state index contributed by atoms with van der Waals surface area (Å²) in [5, 5.41) is 0. The molecular formula is C15H30. The van der Waals surface area contributed by atoms with Crippen molar-refractivity contribution in [1.29, 1.82) is 0 Å². The van der Waals surface area contributed by atoms with Crippen molar-refractivity contribution < 1.29 is 0 Å². The van der Waals surface area contributed by atoms with E-state index in [4.69, 9.17) is 0 Å². The smallest absolute Gasteiger partial charge is 0.0290 e. The lowest BCUT2D eigenvalue weighted by Crippen LogP contribution is -1.87. The second kappa shape index (κ2) is 10.3. The molecule has 0 heterocycles. The molecule has 0 aromatic heterocycles. The lowest BCUT2D eigenvalue weighted by atomic mass is 10.0. The van der Waals surface area contributed by atoms with E-state index in [0.29, 0.717) is 0 Å². The predicted molar refractivity (Wildman–Crippen MR) is 71.1 cm³/mol. The summed E-state index contributed by atoms with van der Waals surface area (Å²) in [6.45, 7) is 9.11. The van der Waals surface area contributed by atoms with Crippen molar-refractivity contribution in [2.45, 2.75) is 72.6 Å². The maximum absolute atomic E-state index is 2.35. The Morgan fingerprint density at radius 1 is 0.800 bits per heavy atom. The van der Waals surface area contributed by atoms with E-state index in [0.717, 1.165) is 11.8 Å². The molecule has 15 heavy (non-hydrogen) atoms. The van der Waals surface area contributed by atoms with Gasteiger partial charge in [0.25, 0.3) is 0 Å². The Labute approximate surface area is 97.2 Å². The van der Waals surface area contributed by atoms with Crippen molar-refractivity contribution in [2.75, 3.05) is 0 Å². The highest BCUT2D eigenvalue weighted by Crippen LogP contribution is 2.11. The van der Waals surface area contributed by atoms with Crippen molar-refractivity contribution >= 4 is 0 Å². The van der Waals surface area contributed by atoms with Crippen LogP contribution < -0.4 is 0 Å². The molecule has 0 radical (unpaired) electrons. The first kappa shape index (κ1) is 14.7. The Kier molecular flexibility index (Phi) is 10.1. The minimum absolute atomic E-state index is 0.719. The van der Waals surface area contributed by atoms with Crippen LogP contribution in [-0.2, 0) is 0 Å². The summed E-state index contributed by atoms with van der Waals surface area (Å²) in [7, 11) is 0. The minimum atomic E-state index is 0.719. The SMILES string of the molecule is CC(C)C=CCCCCCCCC(C)C. The molecule has 0 bridgehead atoms. The van der Waals surface area contributed by atoms with Gasteiger partial charge in [0.2, 0.25) is 0 Å². The third kappa shape index (κ3) is 13.7. The van der Waals surface area contributed by atoms with Gasteiger partial charge in [0, 0.05) is 0 Å². The molecule has 0 aliphatic heterocycles. The van der Waals surface area contributed by atoms with Gasteiger partial charge in [0.05, 0.1) is 0 Å². The highest BCUT2D eigenvalue weighted by atomic mass is 14.0. The van der Waals surface area contributed by atoms with Gasteiger partial charge in [-0.25, -0.2) is 0 Å². The fourth-order valence-corrected chi connectivity index (χ4v) is 1.71. The van der Waals surface area contributed by atoms with Crippen LogP contribution >= 0.6 is 0 Å². The summed E-state index contributed by atoms with van der Waals surface area (Å²) in [5.41, 5.74) is 0. The second-order valence-corrected chi connectivity index (χ2v) is 5.41. The Balaban J connectivity index is 3.05. The number of hydrogen-bond acceptors (Lipinski definition) is 0. The van der Waals surface area contributed by atoms with Crippen LogP contribution in [0.4, 0.5) is 0 Å². The van der Waals surface area contributed by atoms with Gasteiger partial charge < -0.3 is 0 Å². The molecule has 0 aromatic rings. The van der Waals surface area contributed by atoms with Gasteiger partial charge in [0.1, 0.15) is 0 Å². The second-order valence-electron chi connectivity index (χ2n) is 5.41. The van der Waals surface area contributed by atoms with Crippen molar-refractivity contribution in [3.63, 3.8) is 0 Å². The van der Waals surface area contributed by atoms with Gasteiger partial charge >= 0.3 is 0 Å². The Bertz CT molecular complexity index is 142. The summed E-state index contributed by atoms with van der Waals surface area (Å²) in [5.74, 6) is 1.61. The largest absolute Gasteiger partial charge is 0.0883 e. The van der Waals surface area contributed by atoms with E-state index in [1.165, 1.54) is 44.9 Å². The average Bonchev–Trinajstić information content (AvgIpc) is 2.14. The third-order valence-electron chi connectivity index (χ3n) is 2.67. The molecule has 0 unspecified atom stereocenters. The molecule has 0 heteroatoms. The van der Waals surface area contributed by atoms with Crippen molar-refractivity contribution in [2.24, 2.45) is 11.8 Å². The minimum Gasteiger partial charge on any atom is -0.0883 e. The summed E-state index contributed by atoms with van der Waals surface area (Å²) in [6, 6.07) is 0. The van der Waals surface area contributed by atoms with Crippen LogP contribution in [0.3, 0.4) is 0 Å². The van der Waals surface area contributed by atoms with Crippen molar-refractivity contribution in [1.82, 2.24) is 0 Å². The van der Waals surface area contributed by atoms with Gasteiger partial charge in [-0.05, 0) is 24.7 Å². The molecule has 90 valence electrons. The van der Waals surface area contributed by atoms with Crippen LogP contribution in [-0.4, -0.2) is 0 Å². The molecule has 0 fully saturated rings. The molecule has 0 saturated carbocycles. The Hall–Kier alpha value is -0.260. The molecule has 0 aliphatic carbocycles. The molecular weight excluding hydrogens is 180 g/mol. The highest BCUT2D eigenvalue weighted by Gasteiger charge is 1.94. The number of unbranched alkanes of at least 4 members (excludes halogenated alkanes) is 5. The molecule has 0 rings (SSSR count). The van der Waals surface area contributed by atoms with Crippen molar-refractivity contribution in [3.05, 3.63) is 12.2 Å². The highest BCUT2D eigenvalue weighted by molar-refractivity contribution is 4.83. The maximum Gasteiger partial charge on any atom is -0.0290 e. The molecule has 0 atom stereocenters. The zero-order valence-corrected chi connectivity index (χ0v) is 11.3. The topological polar surface area (TPSA) is 0 Å². The van der Waals surface area contributed by atoms with E-state index in [2.05, 4.69) is 39.8 Å². The monoisotopic (exact) mass is 210 g/mol.